The molecule has 0 bridgehead atoms. The van der Waals surface area contributed by atoms with Crippen LogP contribution >= 0.6 is 0 Å². The molecule has 0 fully saturated rings. The van der Waals surface area contributed by atoms with Crippen LogP contribution in [0.1, 0.15) is 10.6 Å². The Hall–Kier alpha value is -3.28. The molecule has 1 N–H and O–H groups in total. The van der Waals surface area contributed by atoms with Crippen LogP contribution in [0.2, 0.25) is 0 Å². The van der Waals surface area contributed by atoms with E-state index in [1.54, 1.807) is 30.3 Å². The third-order valence-corrected chi connectivity index (χ3v) is 3.29. The second-order valence-electron chi connectivity index (χ2n) is 4.92. The number of benzene rings is 2. The summed E-state index contributed by atoms with van der Waals surface area (Å²) in [5.41, 5.74) is 1.46. The fourth-order valence-corrected chi connectivity index (χ4v) is 2.07. The number of carbonyl (C=O) groups is 1. The maximum absolute atomic E-state index is 12.9. The molecule has 0 aliphatic heterocycles. The van der Waals surface area contributed by atoms with Gasteiger partial charge in [-0.2, -0.15) is 0 Å². The van der Waals surface area contributed by atoms with Crippen LogP contribution in [0.3, 0.4) is 0 Å². The number of hydrogen-bond donors (Lipinski definition) is 1. The molecule has 0 unspecified atom stereocenters. The summed E-state index contributed by atoms with van der Waals surface area (Å²) in [7, 11) is 1.53. The van der Waals surface area contributed by atoms with Crippen molar-refractivity contribution in [3.63, 3.8) is 0 Å². The first-order chi connectivity index (χ1) is 11.7. The summed E-state index contributed by atoms with van der Waals surface area (Å²) in [6, 6.07) is 14.7. The molecule has 0 saturated heterocycles. The zero-order valence-corrected chi connectivity index (χ0v) is 12.9. The van der Waals surface area contributed by atoms with E-state index in [-0.39, 0.29) is 17.5 Å². The Bertz CT molecular complexity index is 849. The second-order valence-corrected chi connectivity index (χ2v) is 4.92. The molecule has 24 heavy (non-hydrogen) atoms. The Kier molecular flexibility index (Phi) is 4.47. The summed E-state index contributed by atoms with van der Waals surface area (Å²) in [4.78, 5) is 19.8. The predicted octanol–water partition coefficient (Wildman–Crippen LogP) is 3.43. The topological polar surface area (TPSA) is 64.1 Å². The fourth-order valence-electron chi connectivity index (χ4n) is 2.07. The number of nitrogens with zero attached hydrogens (tertiary/aromatic N) is 2. The number of ether oxygens (including phenoxy) is 1. The van der Waals surface area contributed by atoms with Gasteiger partial charge in [-0.3, -0.25) is 4.79 Å². The first kappa shape index (κ1) is 15.6. The van der Waals surface area contributed by atoms with E-state index in [4.69, 9.17) is 4.74 Å². The SMILES string of the molecule is CNC(=O)c1nccc(-c2ccc(Oc3ccc(F)cc3)cc2)n1. The Morgan fingerprint density at radius 3 is 2.25 bits per heavy atom. The van der Waals surface area contributed by atoms with Gasteiger partial charge in [0.2, 0.25) is 5.82 Å². The molecule has 3 rings (SSSR count). The molecule has 2 aromatic carbocycles. The molecule has 0 spiro atoms. The van der Waals surface area contributed by atoms with Gasteiger partial charge in [-0.05, 0) is 54.6 Å². The molecule has 6 heteroatoms. The minimum atomic E-state index is -0.340. The molecule has 0 aliphatic rings. The van der Waals surface area contributed by atoms with Crippen molar-refractivity contribution in [3.8, 4) is 22.8 Å². The van der Waals surface area contributed by atoms with Gasteiger partial charge in [0.25, 0.3) is 5.91 Å². The van der Waals surface area contributed by atoms with Crippen LogP contribution in [-0.2, 0) is 0 Å². The van der Waals surface area contributed by atoms with Gasteiger partial charge >= 0.3 is 0 Å². The summed E-state index contributed by atoms with van der Waals surface area (Å²) < 4.78 is 18.5. The van der Waals surface area contributed by atoms with Crippen molar-refractivity contribution in [2.45, 2.75) is 0 Å². The van der Waals surface area contributed by atoms with E-state index < -0.39 is 0 Å². The highest BCUT2D eigenvalue weighted by atomic mass is 19.1. The molecule has 120 valence electrons. The van der Waals surface area contributed by atoms with Gasteiger partial charge in [0.05, 0.1) is 5.69 Å². The van der Waals surface area contributed by atoms with Gasteiger partial charge in [0.1, 0.15) is 17.3 Å². The van der Waals surface area contributed by atoms with Crippen LogP contribution in [0, 0.1) is 5.82 Å². The standard InChI is InChI=1S/C18H14FN3O2/c1-20-18(23)17-21-11-10-16(22-17)12-2-6-14(7-3-12)24-15-8-4-13(19)5-9-15/h2-11H,1H3,(H,20,23). The lowest BCUT2D eigenvalue weighted by Crippen LogP contribution is -2.20. The lowest BCUT2D eigenvalue weighted by Gasteiger charge is -2.07. The average Bonchev–Trinajstić information content (AvgIpc) is 2.64. The minimum absolute atomic E-state index is 0.113. The van der Waals surface area contributed by atoms with E-state index in [2.05, 4.69) is 15.3 Å². The summed E-state index contributed by atoms with van der Waals surface area (Å²) in [5, 5.41) is 2.49. The Labute approximate surface area is 138 Å². The Morgan fingerprint density at radius 1 is 1.00 bits per heavy atom. The summed E-state index contributed by atoms with van der Waals surface area (Å²) in [6.07, 6.45) is 1.54. The normalized spacial score (nSPS) is 10.2. The van der Waals surface area contributed by atoms with Gasteiger partial charge in [0.15, 0.2) is 0 Å². The van der Waals surface area contributed by atoms with Crippen LogP contribution in [0.15, 0.2) is 60.8 Å². The van der Waals surface area contributed by atoms with E-state index in [0.29, 0.717) is 17.2 Å². The quantitative estimate of drug-likeness (QED) is 0.799. The van der Waals surface area contributed by atoms with Crippen LogP contribution < -0.4 is 10.1 Å². The smallest absolute Gasteiger partial charge is 0.288 e. The van der Waals surface area contributed by atoms with E-state index in [0.717, 1.165) is 5.56 Å². The zero-order valence-electron chi connectivity index (χ0n) is 12.9. The van der Waals surface area contributed by atoms with E-state index in [9.17, 15) is 9.18 Å². The average molecular weight is 323 g/mol. The highest BCUT2D eigenvalue weighted by molar-refractivity contribution is 5.90. The number of aromatic nitrogens is 2. The molecule has 0 radical (unpaired) electrons. The third-order valence-electron chi connectivity index (χ3n) is 3.29. The van der Waals surface area contributed by atoms with Crippen molar-refractivity contribution in [1.82, 2.24) is 15.3 Å². The molecule has 0 saturated carbocycles. The van der Waals surface area contributed by atoms with Gasteiger partial charge in [-0.25, -0.2) is 14.4 Å². The molecule has 5 nitrogen and oxygen atoms in total. The number of nitrogens with one attached hydrogen (secondary N) is 1. The van der Waals surface area contributed by atoms with Crippen LogP contribution in [0.5, 0.6) is 11.5 Å². The van der Waals surface area contributed by atoms with Gasteiger partial charge < -0.3 is 10.1 Å². The van der Waals surface area contributed by atoms with Crippen LogP contribution in [-0.4, -0.2) is 22.9 Å². The molecule has 1 heterocycles. The number of hydrogen-bond acceptors (Lipinski definition) is 4. The van der Waals surface area contributed by atoms with Gasteiger partial charge in [0, 0.05) is 18.8 Å². The van der Waals surface area contributed by atoms with Crippen molar-refractivity contribution in [1.29, 1.82) is 0 Å². The number of carbonyl (C=O) groups excluding carboxylic acids is 1. The van der Waals surface area contributed by atoms with Crippen LogP contribution in [0.4, 0.5) is 4.39 Å². The first-order valence-corrected chi connectivity index (χ1v) is 7.25. The lowest BCUT2D eigenvalue weighted by molar-refractivity contribution is 0.0953. The molecule has 1 aromatic heterocycles. The summed E-state index contributed by atoms with van der Waals surface area (Å²) >= 11 is 0. The first-order valence-electron chi connectivity index (χ1n) is 7.25. The Morgan fingerprint density at radius 2 is 1.62 bits per heavy atom. The third kappa shape index (κ3) is 3.55. The van der Waals surface area contributed by atoms with Gasteiger partial charge in [-0.1, -0.05) is 0 Å². The van der Waals surface area contributed by atoms with E-state index in [1.165, 1.54) is 25.4 Å². The minimum Gasteiger partial charge on any atom is -0.457 e. The highest BCUT2D eigenvalue weighted by Gasteiger charge is 2.08. The van der Waals surface area contributed by atoms with Crippen molar-refractivity contribution in [2.24, 2.45) is 0 Å². The van der Waals surface area contributed by atoms with Crippen molar-refractivity contribution in [2.75, 3.05) is 7.05 Å². The number of amides is 1. The largest absolute Gasteiger partial charge is 0.457 e. The van der Waals surface area contributed by atoms with E-state index >= 15 is 0 Å². The van der Waals surface area contributed by atoms with Crippen molar-refractivity contribution in [3.05, 3.63) is 72.4 Å². The maximum atomic E-state index is 12.9. The number of halogens is 1. The Balaban J connectivity index is 1.79. The molecule has 3 aromatic rings. The highest BCUT2D eigenvalue weighted by Crippen LogP contribution is 2.25. The van der Waals surface area contributed by atoms with E-state index in [1.807, 2.05) is 12.1 Å². The summed E-state index contributed by atoms with van der Waals surface area (Å²) in [5.74, 6) is 0.627. The molecular weight excluding hydrogens is 309 g/mol. The van der Waals surface area contributed by atoms with Crippen molar-refractivity contribution < 1.29 is 13.9 Å². The maximum Gasteiger partial charge on any atom is 0.288 e. The number of rotatable bonds is 4. The second kappa shape index (κ2) is 6.87. The molecule has 1 amide bonds. The summed E-state index contributed by atoms with van der Waals surface area (Å²) in [6.45, 7) is 0. The molecule has 0 atom stereocenters. The fraction of sp³-hybridized carbons (Fsp3) is 0.0556. The monoisotopic (exact) mass is 323 g/mol. The van der Waals surface area contributed by atoms with Crippen molar-refractivity contribution >= 4 is 5.91 Å². The lowest BCUT2D eigenvalue weighted by atomic mass is 10.1. The predicted molar refractivity (Wildman–Crippen MR) is 87.3 cm³/mol. The molecule has 0 aliphatic carbocycles. The molecular formula is C18H14FN3O2. The van der Waals surface area contributed by atoms with Crippen LogP contribution in [0.25, 0.3) is 11.3 Å². The van der Waals surface area contributed by atoms with Gasteiger partial charge in [-0.15, -0.1) is 0 Å². The zero-order chi connectivity index (χ0) is 16.9.